The minimum atomic E-state index is 0.0524. The first kappa shape index (κ1) is 51.7. The first-order chi connectivity index (χ1) is 42.6. The van der Waals surface area contributed by atoms with E-state index in [1.807, 2.05) is 0 Å². The summed E-state index contributed by atoms with van der Waals surface area (Å²) in [5.41, 5.74) is 27.7. The highest BCUT2D eigenvalue weighted by Crippen LogP contribution is 2.60. The van der Waals surface area contributed by atoms with Gasteiger partial charge in [-0.3, -0.25) is 0 Å². The number of benzene rings is 11. The fraction of sp³-hybridized carbons (Fsp3) is 0.146. The average Bonchev–Trinajstić information content (AvgIpc) is 1.70. The summed E-state index contributed by atoms with van der Waals surface area (Å²) in [4.78, 5) is 9.67. The van der Waals surface area contributed by atoms with Crippen LogP contribution in [0.1, 0.15) is 86.5 Å². The lowest BCUT2D eigenvalue weighted by Gasteiger charge is -2.31. The third-order valence-electron chi connectivity index (χ3n) is 19.5. The van der Waals surface area contributed by atoms with Gasteiger partial charge in [-0.25, -0.2) is 0 Å². The summed E-state index contributed by atoms with van der Waals surface area (Å²) in [5, 5.41) is 0. The van der Waals surface area contributed by atoms with Crippen LogP contribution in [-0.4, -0.2) is 0 Å². The minimum absolute atomic E-state index is 0.0524. The van der Waals surface area contributed by atoms with E-state index >= 15 is 0 Å². The summed E-state index contributed by atoms with van der Waals surface area (Å²) in [6.45, 7) is 0. The van der Waals surface area contributed by atoms with Gasteiger partial charge >= 0.3 is 0 Å². The Morgan fingerprint density at radius 2 is 0.547 bits per heavy atom. The third-order valence-corrected chi connectivity index (χ3v) is 19.5. The Morgan fingerprint density at radius 1 is 0.244 bits per heavy atom. The van der Waals surface area contributed by atoms with Gasteiger partial charge in [0.05, 0.1) is 0 Å². The van der Waals surface area contributed by atoms with Gasteiger partial charge in [-0.05, 0) is 234 Å². The maximum atomic E-state index is 2.53. The van der Waals surface area contributed by atoms with Crippen LogP contribution in [0.5, 0.6) is 0 Å². The van der Waals surface area contributed by atoms with Crippen molar-refractivity contribution in [1.29, 1.82) is 0 Å². The lowest BCUT2D eigenvalue weighted by molar-refractivity contribution is 0.550. The van der Waals surface area contributed by atoms with Gasteiger partial charge in [-0.1, -0.05) is 177 Å². The van der Waals surface area contributed by atoms with E-state index in [1.54, 1.807) is 0 Å². The maximum Gasteiger partial charge on any atom is 0.0465 e. The predicted octanol–water partition coefficient (Wildman–Crippen LogP) is 22.8. The molecule has 11 aromatic rings. The molecule has 5 aliphatic rings. The van der Waals surface area contributed by atoms with Crippen LogP contribution in [0.4, 0.5) is 62.6 Å². The second-order valence-electron chi connectivity index (χ2n) is 24.2. The number of anilines is 11. The van der Waals surface area contributed by atoms with Crippen LogP contribution in [0.2, 0.25) is 0 Å². The number of hydrogen-bond donors (Lipinski definition) is 0. The smallest absolute Gasteiger partial charge is 0.0465 e. The van der Waals surface area contributed by atoms with Gasteiger partial charge < -0.3 is 19.6 Å². The number of nitrogens with zero attached hydrogens (tertiary/aromatic N) is 4. The molecule has 16 rings (SSSR count). The van der Waals surface area contributed by atoms with E-state index in [9.17, 15) is 0 Å². The van der Waals surface area contributed by atoms with Crippen LogP contribution in [0.25, 0.3) is 33.4 Å². The molecule has 4 heteroatoms. The van der Waals surface area contributed by atoms with E-state index < -0.39 is 0 Å². The molecule has 0 amide bonds. The molecule has 2 fully saturated rings. The fourth-order valence-electron chi connectivity index (χ4n) is 15.6. The van der Waals surface area contributed by atoms with E-state index in [-0.39, 0.29) is 10.8 Å². The monoisotopic (exact) mass is 1110 g/mol. The molecule has 0 radical (unpaired) electrons. The Morgan fingerprint density at radius 3 is 0.930 bits per heavy atom. The van der Waals surface area contributed by atoms with Crippen LogP contribution < -0.4 is 19.6 Å². The van der Waals surface area contributed by atoms with Crippen LogP contribution in [0, 0.1) is 0 Å². The van der Waals surface area contributed by atoms with Crippen molar-refractivity contribution in [3.8, 4) is 33.4 Å². The zero-order valence-corrected chi connectivity index (χ0v) is 48.6. The summed E-state index contributed by atoms with van der Waals surface area (Å²) < 4.78 is 0. The van der Waals surface area contributed by atoms with E-state index in [4.69, 9.17) is 0 Å². The second kappa shape index (κ2) is 21.6. The highest BCUT2D eigenvalue weighted by molar-refractivity contribution is 5.90. The molecule has 2 saturated carbocycles. The van der Waals surface area contributed by atoms with E-state index in [1.165, 1.54) is 124 Å². The standard InChI is InChI=1S/C82H68N4/c1-5-21-61(22-6-1)83(62-23-7-2-8-24-62)67-41-45-69(46-42-67)85(71-49-51-75-73-29-13-15-31-77(73)81(79(75)57-71)53-17-18-54-81)65-37-33-59(34-38-65)60-35-39-66(40-36-60)86(72-50-52-76-74-30-14-16-32-78(74)82(80(76)58-72)55-19-20-56-82)70-47-43-68(44-48-70)84(63-25-9-3-10-26-63)64-27-11-4-12-28-64/h1-3,5-11,13-16,21-52,57-58H,4,12,17-20,53-56H2. The molecule has 0 heterocycles. The van der Waals surface area contributed by atoms with Gasteiger partial charge in [0.2, 0.25) is 0 Å². The van der Waals surface area contributed by atoms with Gasteiger partial charge in [0.1, 0.15) is 0 Å². The van der Waals surface area contributed by atoms with E-state index in [0.29, 0.717) is 0 Å². The molecule has 86 heavy (non-hydrogen) atoms. The van der Waals surface area contributed by atoms with Crippen molar-refractivity contribution in [2.75, 3.05) is 19.6 Å². The Kier molecular flexibility index (Phi) is 13.0. The number of para-hydroxylation sites is 3. The summed E-state index contributed by atoms with van der Waals surface area (Å²) >= 11 is 0. The summed E-state index contributed by atoms with van der Waals surface area (Å²) in [6.07, 6.45) is 18.8. The molecule has 2 spiro atoms. The van der Waals surface area contributed by atoms with E-state index in [2.05, 4.69) is 311 Å². The average molecular weight is 1110 g/mol. The highest BCUT2D eigenvalue weighted by Gasteiger charge is 2.46. The van der Waals surface area contributed by atoms with Crippen molar-refractivity contribution in [3.63, 3.8) is 0 Å². The van der Waals surface area contributed by atoms with Crippen molar-refractivity contribution in [2.24, 2.45) is 0 Å². The molecule has 0 aliphatic heterocycles. The number of fused-ring (bicyclic) bond motifs is 10. The minimum Gasteiger partial charge on any atom is -0.311 e. The topological polar surface area (TPSA) is 13.0 Å². The fourth-order valence-corrected chi connectivity index (χ4v) is 15.6. The van der Waals surface area contributed by atoms with Gasteiger partial charge in [-0.2, -0.15) is 0 Å². The first-order valence-electron chi connectivity index (χ1n) is 31.2. The Bertz CT molecular complexity index is 4290. The second-order valence-corrected chi connectivity index (χ2v) is 24.2. The summed E-state index contributed by atoms with van der Waals surface area (Å²) in [7, 11) is 0. The molecule has 5 aliphatic carbocycles. The quantitative estimate of drug-likeness (QED) is 0.114. The SMILES string of the molecule is C1=CC(N(c2ccccc2)c2ccc(N(c3ccc(-c4ccc(N(c5ccc(N(c6ccccc6)c6ccccc6)cc5)c5ccc6c(c5)C5(CCCC5)c5ccccc5-6)cc4)cc3)c3ccc4c(c3)C3(CCCC3)c3ccccc3-4)cc2)=CCC1. The van der Waals surface area contributed by atoms with Crippen LogP contribution in [0.3, 0.4) is 0 Å². The van der Waals surface area contributed by atoms with Crippen molar-refractivity contribution >= 4 is 62.6 Å². The Hall–Kier alpha value is -9.90. The van der Waals surface area contributed by atoms with Crippen molar-refractivity contribution in [2.45, 2.75) is 75.0 Å². The van der Waals surface area contributed by atoms with Crippen molar-refractivity contribution in [3.05, 3.63) is 319 Å². The molecule has 0 N–H and O–H groups in total. The van der Waals surface area contributed by atoms with Crippen LogP contribution in [0.15, 0.2) is 297 Å². The lowest BCUT2D eigenvalue weighted by atomic mass is 9.76. The molecule has 0 unspecified atom stereocenters. The molecule has 0 bridgehead atoms. The lowest BCUT2D eigenvalue weighted by Crippen LogP contribution is -2.21. The van der Waals surface area contributed by atoms with Crippen molar-refractivity contribution in [1.82, 2.24) is 0 Å². The van der Waals surface area contributed by atoms with Gasteiger partial charge in [0.15, 0.2) is 0 Å². The molecule has 0 saturated heterocycles. The normalized spacial score (nSPS) is 15.4. The molecule has 0 aromatic heterocycles. The van der Waals surface area contributed by atoms with Crippen LogP contribution in [-0.2, 0) is 10.8 Å². The first-order valence-corrected chi connectivity index (χ1v) is 31.2. The third kappa shape index (κ3) is 8.80. The van der Waals surface area contributed by atoms with Gasteiger partial charge in [0.25, 0.3) is 0 Å². The molecule has 4 nitrogen and oxygen atoms in total. The summed E-state index contributed by atoms with van der Waals surface area (Å²) in [6, 6.07) is 102. The molecular weight excluding hydrogens is 1040 g/mol. The Balaban J connectivity index is 0.767. The number of allylic oxidation sites excluding steroid dienone is 3. The summed E-state index contributed by atoms with van der Waals surface area (Å²) in [5.74, 6) is 0. The van der Waals surface area contributed by atoms with Crippen LogP contribution >= 0.6 is 0 Å². The van der Waals surface area contributed by atoms with Gasteiger partial charge in [-0.15, -0.1) is 0 Å². The number of hydrogen-bond acceptors (Lipinski definition) is 4. The molecule has 11 aromatic carbocycles. The largest absolute Gasteiger partial charge is 0.311 e. The van der Waals surface area contributed by atoms with Crippen molar-refractivity contribution < 1.29 is 0 Å². The zero-order chi connectivity index (χ0) is 57.0. The Labute approximate surface area is 506 Å². The zero-order valence-electron chi connectivity index (χ0n) is 48.6. The van der Waals surface area contributed by atoms with E-state index in [0.717, 1.165) is 64.0 Å². The molecule has 416 valence electrons. The maximum absolute atomic E-state index is 2.53. The van der Waals surface area contributed by atoms with Gasteiger partial charge in [0, 0.05) is 79.1 Å². The molecule has 0 atom stereocenters. The predicted molar refractivity (Wildman–Crippen MR) is 360 cm³/mol. The molecular formula is C82H68N4. The highest BCUT2D eigenvalue weighted by atomic mass is 15.2. The number of rotatable bonds is 13.